The van der Waals surface area contributed by atoms with Crippen LogP contribution in [0.4, 0.5) is 5.82 Å². The van der Waals surface area contributed by atoms with E-state index in [1.165, 1.54) is 5.56 Å². The molecule has 0 aliphatic carbocycles. The molecule has 0 spiro atoms. The molecule has 0 saturated carbocycles. The number of pyridine rings is 3. The second-order valence-corrected chi connectivity index (χ2v) is 8.40. The quantitative estimate of drug-likeness (QED) is 0.245. The Labute approximate surface area is 224 Å². The van der Waals surface area contributed by atoms with Gasteiger partial charge in [-0.05, 0) is 48.7 Å². The van der Waals surface area contributed by atoms with Gasteiger partial charge in [0.05, 0.1) is 12.8 Å². The Morgan fingerprint density at radius 2 is 1.50 bits per heavy atom. The first-order valence-electron chi connectivity index (χ1n) is 12.7. The number of Topliss-reactive ketones (excluding diaryl/α,β-unsaturated/α-hetero) is 1. The molecular formula is C32H34N4O2. The topological polar surface area (TPSA) is 91.0 Å². The van der Waals surface area contributed by atoms with E-state index in [4.69, 9.17) is 15.5 Å². The largest absolute Gasteiger partial charge is 0.493 e. The number of ketones is 1. The lowest BCUT2D eigenvalue weighted by atomic mass is 10.0. The number of ether oxygens (including phenoxy) is 1. The van der Waals surface area contributed by atoms with Gasteiger partial charge in [0.25, 0.3) is 0 Å². The van der Waals surface area contributed by atoms with Crippen LogP contribution in [0, 0.1) is 0 Å². The van der Waals surface area contributed by atoms with Crippen molar-refractivity contribution in [2.75, 3.05) is 12.8 Å². The molecule has 0 bridgehead atoms. The lowest BCUT2D eigenvalue weighted by Gasteiger charge is -2.08. The van der Waals surface area contributed by atoms with Gasteiger partial charge in [-0.3, -0.25) is 4.79 Å². The third-order valence-corrected chi connectivity index (χ3v) is 5.69. The first kappa shape index (κ1) is 28.0. The Bertz CT molecular complexity index is 1420. The SMILES string of the molecule is CCCC(=O)c1ccccc1.CCc1cc2cccnc2nc1-c1ccccc1.COc1cccnc1N. The first-order chi connectivity index (χ1) is 18.6. The van der Waals surface area contributed by atoms with E-state index in [-0.39, 0.29) is 5.78 Å². The molecule has 0 saturated heterocycles. The van der Waals surface area contributed by atoms with E-state index in [0.717, 1.165) is 40.7 Å². The molecule has 0 unspecified atom stereocenters. The van der Waals surface area contributed by atoms with Crippen molar-refractivity contribution >= 4 is 22.6 Å². The molecular weight excluding hydrogens is 472 g/mol. The van der Waals surface area contributed by atoms with Crippen molar-refractivity contribution in [3.8, 4) is 17.0 Å². The zero-order valence-corrected chi connectivity index (χ0v) is 22.2. The molecule has 0 amide bonds. The molecule has 0 radical (unpaired) electrons. The average Bonchev–Trinajstić information content (AvgIpc) is 2.98. The van der Waals surface area contributed by atoms with Gasteiger partial charge in [0.2, 0.25) is 0 Å². The summed E-state index contributed by atoms with van der Waals surface area (Å²) < 4.78 is 4.86. The van der Waals surface area contributed by atoms with E-state index in [2.05, 4.69) is 41.2 Å². The summed E-state index contributed by atoms with van der Waals surface area (Å²) in [5.74, 6) is 1.30. The number of aryl methyl sites for hydroxylation is 1. The molecule has 0 atom stereocenters. The van der Waals surface area contributed by atoms with E-state index in [1.54, 1.807) is 31.6 Å². The van der Waals surface area contributed by atoms with Crippen molar-refractivity contribution in [1.29, 1.82) is 0 Å². The fraction of sp³-hybridized carbons (Fsp3) is 0.188. The maximum Gasteiger partial charge on any atom is 0.166 e. The molecule has 5 aromatic rings. The molecule has 2 N–H and O–H groups in total. The zero-order chi connectivity index (χ0) is 27.2. The average molecular weight is 507 g/mol. The summed E-state index contributed by atoms with van der Waals surface area (Å²) in [5.41, 5.74) is 10.5. The van der Waals surface area contributed by atoms with Gasteiger partial charge in [0, 0.05) is 35.3 Å². The van der Waals surface area contributed by atoms with Crippen LogP contribution in [0.2, 0.25) is 0 Å². The monoisotopic (exact) mass is 506 g/mol. The number of rotatable bonds is 6. The van der Waals surface area contributed by atoms with Gasteiger partial charge in [-0.25, -0.2) is 15.0 Å². The van der Waals surface area contributed by atoms with Crippen LogP contribution >= 0.6 is 0 Å². The van der Waals surface area contributed by atoms with Crippen molar-refractivity contribution < 1.29 is 9.53 Å². The molecule has 5 rings (SSSR count). The normalized spacial score (nSPS) is 9.97. The summed E-state index contributed by atoms with van der Waals surface area (Å²) in [7, 11) is 1.56. The van der Waals surface area contributed by atoms with Gasteiger partial charge < -0.3 is 10.5 Å². The maximum absolute atomic E-state index is 11.2. The second-order valence-electron chi connectivity index (χ2n) is 8.40. The Morgan fingerprint density at radius 1 is 0.842 bits per heavy atom. The third-order valence-electron chi connectivity index (χ3n) is 5.69. The zero-order valence-electron chi connectivity index (χ0n) is 22.2. The van der Waals surface area contributed by atoms with Crippen LogP contribution in [0.5, 0.6) is 5.75 Å². The minimum Gasteiger partial charge on any atom is -0.493 e. The summed E-state index contributed by atoms with van der Waals surface area (Å²) in [6, 6.07) is 29.5. The van der Waals surface area contributed by atoms with Crippen LogP contribution in [0.1, 0.15) is 42.6 Å². The molecule has 38 heavy (non-hydrogen) atoms. The first-order valence-corrected chi connectivity index (χ1v) is 12.7. The lowest BCUT2D eigenvalue weighted by molar-refractivity contribution is 0.0981. The van der Waals surface area contributed by atoms with E-state index < -0.39 is 0 Å². The lowest BCUT2D eigenvalue weighted by Crippen LogP contribution is -1.96. The highest BCUT2D eigenvalue weighted by Gasteiger charge is 2.08. The molecule has 3 aromatic heterocycles. The van der Waals surface area contributed by atoms with Crippen LogP contribution < -0.4 is 10.5 Å². The van der Waals surface area contributed by atoms with Gasteiger partial charge in [-0.2, -0.15) is 0 Å². The highest BCUT2D eigenvalue weighted by Crippen LogP contribution is 2.25. The summed E-state index contributed by atoms with van der Waals surface area (Å²) in [4.78, 5) is 24.1. The predicted octanol–water partition coefficient (Wildman–Crippen LogP) is 7.20. The molecule has 0 aliphatic heterocycles. The Hall–Kier alpha value is -4.58. The Kier molecular flexibility index (Phi) is 10.9. The summed E-state index contributed by atoms with van der Waals surface area (Å²) >= 11 is 0. The summed E-state index contributed by atoms with van der Waals surface area (Å²) in [6.45, 7) is 4.17. The highest BCUT2D eigenvalue weighted by molar-refractivity contribution is 5.95. The molecule has 3 heterocycles. The van der Waals surface area contributed by atoms with Crippen LogP contribution in [0.3, 0.4) is 0 Å². The summed E-state index contributed by atoms with van der Waals surface area (Å²) in [6.07, 6.45) is 5.97. The number of nitrogens with two attached hydrogens (primary N) is 1. The van der Waals surface area contributed by atoms with Crippen molar-refractivity contribution in [3.05, 3.63) is 115 Å². The molecule has 0 aliphatic rings. The third kappa shape index (κ3) is 7.96. The number of aromatic nitrogens is 3. The number of anilines is 1. The van der Waals surface area contributed by atoms with Gasteiger partial charge in [0.1, 0.15) is 0 Å². The number of fused-ring (bicyclic) bond motifs is 1. The number of nitrogen functional groups attached to an aromatic ring is 1. The van der Waals surface area contributed by atoms with Crippen LogP contribution in [0.15, 0.2) is 103 Å². The smallest absolute Gasteiger partial charge is 0.166 e. The molecule has 6 heteroatoms. The van der Waals surface area contributed by atoms with E-state index >= 15 is 0 Å². The Morgan fingerprint density at radius 3 is 2.11 bits per heavy atom. The number of hydrogen-bond donors (Lipinski definition) is 1. The van der Waals surface area contributed by atoms with Crippen LogP contribution in [-0.4, -0.2) is 27.8 Å². The number of hydrogen-bond acceptors (Lipinski definition) is 6. The van der Waals surface area contributed by atoms with Crippen LogP contribution in [-0.2, 0) is 6.42 Å². The second kappa shape index (κ2) is 14.9. The maximum atomic E-state index is 11.2. The molecule has 6 nitrogen and oxygen atoms in total. The van der Waals surface area contributed by atoms with Crippen molar-refractivity contribution in [3.63, 3.8) is 0 Å². The minimum atomic E-state index is 0.244. The number of carbonyl (C=O) groups excluding carboxylic acids is 1. The fourth-order valence-electron chi connectivity index (χ4n) is 3.74. The number of benzene rings is 2. The van der Waals surface area contributed by atoms with Crippen molar-refractivity contribution in [1.82, 2.24) is 15.0 Å². The van der Waals surface area contributed by atoms with Crippen molar-refractivity contribution in [2.45, 2.75) is 33.1 Å². The van der Waals surface area contributed by atoms with Crippen LogP contribution in [0.25, 0.3) is 22.3 Å². The standard InChI is InChI=1S/C16H14N2.C10H12O.C6H8N2O/c1-2-12-11-14-9-6-10-17-16(14)18-15(12)13-7-4-3-5-8-13;1-2-6-10(11)9-7-4-3-5-8-9;1-9-5-3-2-4-8-6(5)7/h3-11H,2H2,1H3;3-5,7-8H,2,6H2,1H3;2-4H,1H3,(H2,7,8). The van der Waals surface area contributed by atoms with E-state index in [0.29, 0.717) is 18.0 Å². The number of carbonyl (C=O) groups is 1. The number of methoxy groups -OCH3 is 1. The van der Waals surface area contributed by atoms with Crippen molar-refractivity contribution in [2.24, 2.45) is 0 Å². The highest BCUT2D eigenvalue weighted by atomic mass is 16.5. The molecule has 2 aromatic carbocycles. The van der Waals surface area contributed by atoms with E-state index in [1.807, 2.05) is 61.5 Å². The van der Waals surface area contributed by atoms with Gasteiger partial charge in [0.15, 0.2) is 23.0 Å². The Balaban J connectivity index is 0.000000172. The predicted molar refractivity (Wildman–Crippen MR) is 155 cm³/mol. The van der Waals surface area contributed by atoms with Gasteiger partial charge in [-0.1, -0.05) is 74.5 Å². The number of nitrogens with zero attached hydrogens (tertiary/aromatic N) is 3. The van der Waals surface area contributed by atoms with E-state index in [9.17, 15) is 4.79 Å². The van der Waals surface area contributed by atoms with Gasteiger partial charge >= 0.3 is 0 Å². The fourth-order valence-corrected chi connectivity index (χ4v) is 3.74. The summed E-state index contributed by atoms with van der Waals surface area (Å²) in [5, 5.41) is 1.11. The minimum absolute atomic E-state index is 0.244. The molecule has 194 valence electrons. The van der Waals surface area contributed by atoms with Gasteiger partial charge in [-0.15, -0.1) is 0 Å². The molecule has 0 fully saturated rings.